The van der Waals surface area contributed by atoms with Crippen molar-refractivity contribution in [1.29, 1.82) is 0 Å². The predicted octanol–water partition coefficient (Wildman–Crippen LogP) is 1.22. The average molecular weight is 554 g/mol. The summed E-state index contributed by atoms with van der Waals surface area (Å²) >= 11 is 0. The van der Waals surface area contributed by atoms with Crippen LogP contribution in [0.4, 0.5) is 13.2 Å². The van der Waals surface area contributed by atoms with Gasteiger partial charge in [-0.25, -0.2) is 0 Å². The van der Waals surface area contributed by atoms with Crippen molar-refractivity contribution in [2.75, 3.05) is 27.3 Å². The van der Waals surface area contributed by atoms with Gasteiger partial charge in [0.25, 0.3) is 5.91 Å². The van der Waals surface area contributed by atoms with Crippen LogP contribution in [0, 0.1) is 5.92 Å². The van der Waals surface area contributed by atoms with Gasteiger partial charge >= 0.3 is 6.18 Å². The number of ether oxygens (including phenoxy) is 2. The van der Waals surface area contributed by atoms with Gasteiger partial charge in [-0.1, -0.05) is 6.07 Å². The van der Waals surface area contributed by atoms with Crippen LogP contribution in [0.15, 0.2) is 24.3 Å². The molecule has 1 aromatic carbocycles. The summed E-state index contributed by atoms with van der Waals surface area (Å²) in [6, 6.07) is 3.45. The Hall–Kier alpha value is -3.81. The van der Waals surface area contributed by atoms with Gasteiger partial charge in [0.1, 0.15) is 23.5 Å². The summed E-state index contributed by atoms with van der Waals surface area (Å²) in [7, 11) is 2.30. The summed E-state index contributed by atoms with van der Waals surface area (Å²) in [5.41, 5.74) is 3.09. The molecule has 1 aromatic heterocycles. The molecule has 3 heterocycles. The number of H-pyrrole nitrogens is 1. The van der Waals surface area contributed by atoms with Gasteiger partial charge in [-0.05, 0) is 37.5 Å². The Labute approximate surface area is 221 Å². The Morgan fingerprint density at radius 3 is 2.64 bits per heavy atom. The summed E-state index contributed by atoms with van der Waals surface area (Å²) in [5, 5.41) is 5.57. The Morgan fingerprint density at radius 1 is 1.28 bits per heavy atom. The number of fused-ring (bicyclic) bond motifs is 1. The lowest BCUT2D eigenvalue weighted by Crippen LogP contribution is -2.53. The number of aromatic amines is 1. The van der Waals surface area contributed by atoms with Crippen LogP contribution in [0.2, 0.25) is 0 Å². The molecule has 5 N–H and O–H groups in total. The number of hydrogen-bond donors (Lipinski definition) is 4. The van der Waals surface area contributed by atoms with Crippen LogP contribution in [-0.2, 0) is 19.1 Å². The first-order chi connectivity index (χ1) is 18.4. The van der Waals surface area contributed by atoms with Crippen LogP contribution >= 0.6 is 0 Å². The molecule has 4 atom stereocenters. The SMILES string of the molecule is COc1cccc2[nH]c(C(=O)N3CC(OC)(C(F)(F)F)CC3C(=O)N[C@@H](C[C@@H]3CCCNC3=O)C(N)=O)cc12. The van der Waals surface area contributed by atoms with E-state index in [4.69, 9.17) is 15.2 Å². The number of likely N-dealkylation sites (tertiary alicyclic amines) is 1. The second-order valence-electron chi connectivity index (χ2n) is 9.78. The van der Waals surface area contributed by atoms with Crippen molar-refractivity contribution in [3.05, 3.63) is 30.0 Å². The van der Waals surface area contributed by atoms with Gasteiger partial charge in [0.2, 0.25) is 17.7 Å². The highest BCUT2D eigenvalue weighted by Gasteiger charge is 2.64. The second-order valence-corrected chi connectivity index (χ2v) is 9.78. The van der Waals surface area contributed by atoms with Crippen molar-refractivity contribution in [1.82, 2.24) is 20.5 Å². The van der Waals surface area contributed by atoms with E-state index in [1.54, 1.807) is 18.2 Å². The molecule has 0 spiro atoms. The molecule has 39 heavy (non-hydrogen) atoms. The Kier molecular flexibility index (Phi) is 7.77. The van der Waals surface area contributed by atoms with Gasteiger partial charge in [0.05, 0.1) is 13.7 Å². The summed E-state index contributed by atoms with van der Waals surface area (Å²) in [6.07, 6.45) is -4.81. The highest BCUT2D eigenvalue weighted by Crippen LogP contribution is 2.43. The zero-order chi connectivity index (χ0) is 28.5. The van der Waals surface area contributed by atoms with E-state index in [1.807, 2.05) is 0 Å². The molecule has 2 aliphatic heterocycles. The van der Waals surface area contributed by atoms with Crippen LogP contribution in [0.25, 0.3) is 10.9 Å². The lowest BCUT2D eigenvalue weighted by molar-refractivity contribution is -0.263. The van der Waals surface area contributed by atoms with Crippen molar-refractivity contribution in [2.24, 2.45) is 11.7 Å². The quantitative estimate of drug-likeness (QED) is 0.385. The molecule has 2 saturated heterocycles. The number of piperidine rings is 1. The second kappa shape index (κ2) is 10.8. The minimum Gasteiger partial charge on any atom is -0.496 e. The summed E-state index contributed by atoms with van der Waals surface area (Å²) in [6.45, 7) is -0.471. The van der Waals surface area contributed by atoms with Crippen LogP contribution < -0.4 is 21.1 Å². The zero-order valence-electron chi connectivity index (χ0n) is 21.4. The maximum Gasteiger partial charge on any atom is 0.419 e. The van der Waals surface area contributed by atoms with E-state index in [2.05, 4.69) is 15.6 Å². The zero-order valence-corrected chi connectivity index (χ0v) is 21.4. The van der Waals surface area contributed by atoms with Gasteiger partial charge in [-0.15, -0.1) is 0 Å². The van der Waals surface area contributed by atoms with Gasteiger partial charge in [-0.3, -0.25) is 19.2 Å². The van der Waals surface area contributed by atoms with Gasteiger partial charge < -0.3 is 35.7 Å². The number of hydrogen-bond acceptors (Lipinski definition) is 6. The molecule has 0 aliphatic carbocycles. The average Bonchev–Trinajstić information content (AvgIpc) is 3.52. The molecule has 0 radical (unpaired) electrons. The minimum absolute atomic E-state index is 0.0632. The molecule has 2 aromatic rings. The van der Waals surface area contributed by atoms with E-state index in [0.717, 1.165) is 12.0 Å². The fourth-order valence-electron chi connectivity index (χ4n) is 5.22. The highest BCUT2D eigenvalue weighted by molar-refractivity contribution is 6.02. The number of nitrogens with one attached hydrogen (secondary N) is 3. The number of aromatic nitrogens is 1. The lowest BCUT2D eigenvalue weighted by atomic mass is 9.91. The van der Waals surface area contributed by atoms with Crippen LogP contribution in [0.1, 0.15) is 36.2 Å². The molecular formula is C25H30F3N5O6. The monoisotopic (exact) mass is 553 g/mol. The topological polar surface area (TPSA) is 156 Å². The standard InChI is InChI=1S/C25H30F3N5O6/c1-38-19-7-3-6-15-14(19)10-17(31-15)23(37)33-12-24(39-2,25(26,27)28)11-18(33)22(36)32-16(20(29)34)9-13-5-4-8-30-21(13)35/h3,6-7,10,13,16,18,31H,4-5,8-9,11-12H2,1-2H3,(H2,29,34)(H,30,35)(H,32,36)/t13-,16-,18?,24?/m0/s1. The molecule has 4 rings (SSSR count). The molecule has 212 valence electrons. The molecule has 11 nitrogen and oxygen atoms in total. The number of alkyl halides is 3. The Bertz CT molecular complexity index is 1280. The molecule has 2 aliphatic rings. The molecule has 0 bridgehead atoms. The fraction of sp³-hybridized carbons (Fsp3) is 0.520. The van der Waals surface area contributed by atoms with E-state index in [-0.39, 0.29) is 18.0 Å². The number of benzene rings is 1. The normalized spacial score (nSPS) is 24.3. The maximum absolute atomic E-state index is 14.2. The van der Waals surface area contributed by atoms with E-state index in [1.165, 1.54) is 13.2 Å². The first-order valence-electron chi connectivity index (χ1n) is 12.4. The number of carbonyl (C=O) groups is 4. The van der Waals surface area contributed by atoms with Gasteiger partial charge in [-0.2, -0.15) is 13.2 Å². The van der Waals surface area contributed by atoms with E-state index in [9.17, 15) is 32.3 Å². The summed E-state index contributed by atoms with van der Waals surface area (Å²) in [4.78, 5) is 54.9. The van der Waals surface area contributed by atoms with E-state index < -0.39 is 60.5 Å². The van der Waals surface area contributed by atoms with Crippen molar-refractivity contribution >= 4 is 34.5 Å². The van der Waals surface area contributed by atoms with Crippen LogP contribution in [-0.4, -0.2) is 84.7 Å². The first-order valence-corrected chi connectivity index (χ1v) is 12.4. The van der Waals surface area contributed by atoms with E-state index >= 15 is 0 Å². The number of nitrogens with two attached hydrogens (primary N) is 1. The number of carbonyl (C=O) groups excluding carboxylic acids is 4. The molecule has 2 unspecified atom stereocenters. The largest absolute Gasteiger partial charge is 0.496 e. The smallest absolute Gasteiger partial charge is 0.419 e. The third kappa shape index (κ3) is 5.37. The van der Waals surface area contributed by atoms with E-state index in [0.29, 0.717) is 36.0 Å². The number of amides is 4. The van der Waals surface area contributed by atoms with Crippen molar-refractivity contribution in [2.45, 2.75) is 49.5 Å². The summed E-state index contributed by atoms with van der Waals surface area (Å²) in [5.74, 6) is -3.30. The number of nitrogens with zero attached hydrogens (tertiary/aromatic N) is 1. The third-order valence-corrected chi connectivity index (χ3v) is 7.45. The lowest BCUT2D eigenvalue weighted by Gasteiger charge is -2.29. The molecular weight excluding hydrogens is 523 g/mol. The Morgan fingerprint density at radius 2 is 2.03 bits per heavy atom. The fourth-order valence-corrected chi connectivity index (χ4v) is 5.22. The maximum atomic E-state index is 14.2. The van der Waals surface area contributed by atoms with Crippen molar-refractivity contribution < 1.29 is 41.8 Å². The predicted molar refractivity (Wildman–Crippen MR) is 132 cm³/mol. The molecule has 14 heteroatoms. The highest BCUT2D eigenvalue weighted by atomic mass is 19.4. The van der Waals surface area contributed by atoms with Crippen LogP contribution in [0.5, 0.6) is 5.75 Å². The number of primary amides is 1. The third-order valence-electron chi connectivity index (χ3n) is 7.45. The van der Waals surface area contributed by atoms with Crippen molar-refractivity contribution in [3.63, 3.8) is 0 Å². The number of rotatable bonds is 8. The summed E-state index contributed by atoms with van der Waals surface area (Å²) < 4.78 is 52.6. The minimum atomic E-state index is -4.91. The number of halogens is 3. The van der Waals surface area contributed by atoms with Gasteiger partial charge in [0, 0.05) is 36.9 Å². The molecule has 4 amide bonds. The van der Waals surface area contributed by atoms with Crippen molar-refractivity contribution in [3.8, 4) is 5.75 Å². The number of methoxy groups -OCH3 is 2. The Balaban J connectivity index is 1.64. The first kappa shape index (κ1) is 28.2. The molecule has 2 fully saturated rings. The van der Waals surface area contributed by atoms with Gasteiger partial charge in [0.15, 0.2) is 5.60 Å². The van der Waals surface area contributed by atoms with Crippen LogP contribution in [0.3, 0.4) is 0 Å². The molecule has 0 saturated carbocycles.